The number of para-hydroxylation sites is 1. The maximum absolute atomic E-state index is 13.8. The standard InChI is InChI=1S/C22H27NO7/c1-5-29-18(26)17-13(12-24)10-11-16(25)22(17)14-8-6-7-9-15(14)23(19(22)27)20(28)30-21(2,3)4/h6-9,12-13,16-17,25H,5,10-11H2,1-4H3/t13-,16+,17+,22+/m1/s1. The van der Waals surface area contributed by atoms with Crippen LogP contribution in [0.1, 0.15) is 46.1 Å². The van der Waals surface area contributed by atoms with Gasteiger partial charge in [-0.1, -0.05) is 18.2 Å². The smallest absolute Gasteiger partial charge is 0.421 e. The Morgan fingerprint density at radius 3 is 2.53 bits per heavy atom. The first-order valence-corrected chi connectivity index (χ1v) is 10.1. The maximum atomic E-state index is 13.8. The van der Waals surface area contributed by atoms with Crippen LogP contribution in [0.4, 0.5) is 10.5 Å². The van der Waals surface area contributed by atoms with Crippen molar-refractivity contribution in [2.24, 2.45) is 11.8 Å². The second-order valence-electron chi connectivity index (χ2n) is 8.63. The molecule has 2 amide bonds. The zero-order valence-corrected chi connectivity index (χ0v) is 17.6. The molecule has 0 radical (unpaired) electrons. The number of fused-ring (bicyclic) bond motifs is 2. The number of rotatable bonds is 3. The minimum atomic E-state index is -1.80. The molecule has 1 spiro atoms. The number of ether oxygens (including phenoxy) is 2. The van der Waals surface area contributed by atoms with Crippen LogP contribution in [0.3, 0.4) is 0 Å². The highest BCUT2D eigenvalue weighted by molar-refractivity contribution is 6.22. The zero-order valence-electron chi connectivity index (χ0n) is 17.6. The van der Waals surface area contributed by atoms with Gasteiger partial charge in [0, 0.05) is 5.92 Å². The molecule has 1 aliphatic heterocycles. The van der Waals surface area contributed by atoms with Gasteiger partial charge in [-0.2, -0.15) is 0 Å². The first-order valence-electron chi connectivity index (χ1n) is 10.1. The maximum Gasteiger partial charge on any atom is 0.421 e. The summed E-state index contributed by atoms with van der Waals surface area (Å²) in [6, 6.07) is 6.46. The number of amides is 2. The summed E-state index contributed by atoms with van der Waals surface area (Å²) in [5, 5.41) is 11.1. The number of benzene rings is 1. The fraction of sp³-hybridized carbons (Fsp3) is 0.545. The van der Waals surface area contributed by atoms with E-state index in [1.807, 2.05) is 0 Å². The van der Waals surface area contributed by atoms with E-state index in [1.165, 1.54) is 0 Å². The minimum Gasteiger partial charge on any atom is -0.466 e. The molecule has 8 heteroatoms. The molecule has 4 atom stereocenters. The van der Waals surface area contributed by atoms with Gasteiger partial charge >= 0.3 is 12.1 Å². The topological polar surface area (TPSA) is 110 Å². The number of carbonyl (C=O) groups is 4. The minimum absolute atomic E-state index is 0.0543. The number of nitrogens with zero attached hydrogens (tertiary/aromatic N) is 1. The van der Waals surface area contributed by atoms with E-state index in [9.17, 15) is 24.3 Å². The molecule has 2 aliphatic rings. The Bertz CT molecular complexity index is 874. The van der Waals surface area contributed by atoms with E-state index in [-0.39, 0.29) is 25.1 Å². The zero-order chi connectivity index (χ0) is 22.3. The number of anilines is 1. The van der Waals surface area contributed by atoms with E-state index >= 15 is 0 Å². The third-order valence-electron chi connectivity index (χ3n) is 5.66. The highest BCUT2D eigenvalue weighted by atomic mass is 16.6. The lowest BCUT2D eigenvalue weighted by molar-refractivity contribution is -0.165. The van der Waals surface area contributed by atoms with E-state index in [1.54, 1.807) is 52.0 Å². The quantitative estimate of drug-likeness (QED) is 0.594. The number of hydrogen-bond acceptors (Lipinski definition) is 7. The lowest BCUT2D eigenvalue weighted by Gasteiger charge is -2.44. The molecular formula is C22H27NO7. The molecule has 0 saturated heterocycles. The highest BCUT2D eigenvalue weighted by Crippen LogP contribution is 2.55. The molecule has 0 bridgehead atoms. The number of esters is 1. The second kappa shape index (κ2) is 7.83. The van der Waals surface area contributed by atoms with Crippen molar-refractivity contribution < 1.29 is 33.8 Å². The van der Waals surface area contributed by atoms with Crippen molar-refractivity contribution in [2.75, 3.05) is 11.5 Å². The molecule has 0 unspecified atom stereocenters. The number of aldehydes is 1. The van der Waals surface area contributed by atoms with Crippen LogP contribution in [-0.4, -0.2) is 47.7 Å². The van der Waals surface area contributed by atoms with Gasteiger partial charge in [0.25, 0.3) is 5.91 Å². The first-order chi connectivity index (χ1) is 14.1. The summed E-state index contributed by atoms with van der Waals surface area (Å²) in [6.45, 7) is 6.70. The average molecular weight is 417 g/mol. The van der Waals surface area contributed by atoms with Gasteiger partial charge in [-0.25, -0.2) is 9.69 Å². The van der Waals surface area contributed by atoms with Gasteiger partial charge in [-0.05, 0) is 52.2 Å². The predicted molar refractivity (Wildman–Crippen MR) is 107 cm³/mol. The Morgan fingerprint density at radius 1 is 1.27 bits per heavy atom. The SMILES string of the molecule is CCOC(=O)[C@@H]1[C@@H](C=O)CC[C@H](O)[C@]12C(=O)N(C(=O)OC(C)(C)C)c1ccccc12. The van der Waals surface area contributed by atoms with E-state index in [2.05, 4.69) is 0 Å². The third kappa shape index (κ3) is 3.29. The van der Waals surface area contributed by atoms with Crippen molar-refractivity contribution >= 4 is 29.9 Å². The molecule has 1 aliphatic carbocycles. The van der Waals surface area contributed by atoms with Crippen LogP contribution in [0, 0.1) is 11.8 Å². The molecule has 30 heavy (non-hydrogen) atoms. The van der Waals surface area contributed by atoms with Crippen molar-refractivity contribution in [3.05, 3.63) is 29.8 Å². The van der Waals surface area contributed by atoms with Crippen LogP contribution < -0.4 is 4.90 Å². The Kier molecular flexibility index (Phi) is 5.73. The molecule has 1 fully saturated rings. The molecule has 162 valence electrons. The van der Waals surface area contributed by atoms with Gasteiger partial charge in [-0.15, -0.1) is 0 Å². The van der Waals surface area contributed by atoms with Crippen LogP contribution in [0.15, 0.2) is 24.3 Å². The normalized spacial score (nSPS) is 28.2. The summed E-state index contributed by atoms with van der Waals surface area (Å²) in [6.07, 6.45) is -1.19. The predicted octanol–water partition coefficient (Wildman–Crippen LogP) is 2.36. The molecule has 1 saturated carbocycles. The van der Waals surface area contributed by atoms with E-state index in [4.69, 9.17) is 9.47 Å². The summed E-state index contributed by atoms with van der Waals surface area (Å²) < 4.78 is 10.6. The Morgan fingerprint density at radius 2 is 1.93 bits per heavy atom. The largest absolute Gasteiger partial charge is 0.466 e. The second-order valence-corrected chi connectivity index (χ2v) is 8.63. The van der Waals surface area contributed by atoms with Crippen LogP contribution in [0.2, 0.25) is 0 Å². The van der Waals surface area contributed by atoms with Crippen LogP contribution in [-0.2, 0) is 29.3 Å². The molecule has 1 aromatic carbocycles. The summed E-state index contributed by atoms with van der Waals surface area (Å²) in [5.41, 5.74) is -2.11. The molecule has 1 N–H and O–H groups in total. The van der Waals surface area contributed by atoms with Crippen LogP contribution >= 0.6 is 0 Å². The summed E-state index contributed by atoms with van der Waals surface area (Å²) in [4.78, 5) is 52.4. The monoisotopic (exact) mass is 417 g/mol. The molecule has 0 aromatic heterocycles. The molecule has 3 rings (SSSR count). The lowest BCUT2D eigenvalue weighted by atomic mass is 9.57. The fourth-order valence-electron chi connectivity index (χ4n) is 4.57. The summed E-state index contributed by atoms with van der Waals surface area (Å²) in [5.74, 6) is -3.61. The van der Waals surface area contributed by atoms with Crippen LogP contribution in [0.25, 0.3) is 0 Å². The molecule has 1 aromatic rings. The Labute approximate surface area is 175 Å². The van der Waals surface area contributed by atoms with Crippen molar-refractivity contribution in [3.63, 3.8) is 0 Å². The van der Waals surface area contributed by atoms with E-state index in [0.717, 1.165) is 4.90 Å². The number of carbonyl (C=O) groups excluding carboxylic acids is 4. The molecule has 8 nitrogen and oxygen atoms in total. The van der Waals surface area contributed by atoms with Crippen molar-refractivity contribution in [3.8, 4) is 0 Å². The third-order valence-corrected chi connectivity index (χ3v) is 5.66. The van der Waals surface area contributed by atoms with Crippen molar-refractivity contribution in [2.45, 2.75) is 57.7 Å². The van der Waals surface area contributed by atoms with Gasteiger partial charge in [0.05, 0.1) is 24.3 Å². The number of aliphatic hydroxyl groups is 1. The average Bonchev–Trinajstić information content (AvgIpc) is 2.92. The Hall–Kier alpha value is -2.74. The summed E-state index contributed by atoms with van der Waals surface area (Å²) >= 11 is 0. The first kappa shape index (κ1) is 22.0. The highest BCUT2D eigenvalue weighted by Gasteiger charge is 2.67. The van der Waals surface area contributed by atoms with E-state index < -0.39 is 46.9 Å². The van der Waals surface area contributed by atoms with Gasteiger partial charge in [-0.3, -0.25) is 9.59 Å². The molecule has 1 heterocycles. The molecular weight excluding hydrogens is 390 g/mol. The fourth-order valence-corrected chi connectivity index (χ4v) is 4.57. The van der Waals surface area contributed by atoms with Gasteiger partial charge in [0.2, 0.25) is 0 Å². The van der Waals surface area contributed by atoms with Crippen molar-refractivity contribution in [1.29, 1.82) is 0 Å². The van der Waals surface area contributed by atoms with Crippen LogP contribution in [0.5, 0.6) is 0 Å². The van der Waals surface area contributed by atoms with Gasteiger partial charge in [0.1, 0.15) is 17.3 Å². The summed E-state index contributed by atoms with van der Waals surface area (Å²) in [7, 11) is 0. The number of aliphatic hydroxyl groups excluding tert-OH is 1. The van der Waals surface area contributed by atoms with E-state index in [0.29, 0.717) is 11.8 Å². The Balaban J connectivity index is 2.22. The number of hydrogen-bond donors (Lipinski definition) is 1. The van der Waals surface area contributed by atoms with Crippen molar-refractivity contribution in [1.82, 2.24) is 0 Å². The van der Waals surface area contributed by atoms with Gasteiger partial charge in [0.15, 0.2) is 0 Å². The lowest BCUT2D eigenvalue weighted by Crippen LogP contribution is -2.61. The number of imide groups is 1. The van der Waals surface area contributed by atoms with Gasteiger partial charge < -0.3 is 19.4 Å².